The number of aldehydes is 1. The molecule has 0 aromatic heterocycles. The van der Waals surface area contributed by atoms with Crippen LogP contribution < -0.4 is 0 Å². The van der Waals surface area contributed by atoms with Crippen LogP contribution in [0, 0.1) is 0 Å². The van der Waals surface area contributed by atoms with Gasteiger partial charge in [-0.05, 0) is 19.4 Å². The molecule has 3 heteroatoms. The lowest BCUT2D eigenvalue weighted by molar-refractivity contribution is -0.127. The highest BCUT2D eigenvalue weighted by molar-refractivity contribution is 5.97. The first-order valence-electron chi connectivity index (χ1n) is 4.89. The van der Waals surface area contributed by atoms with Crippen LogP contribution in [0.15, 0.2) is 35.5 Å². The second kappa shape index (κ2) is 5.29. The van der Waals surface area contributed by atoms with E-state index in [0.29, 0.717) is 5.57 Å². The van der Waals surface area contributed by atoms with Crippen LogP contribution in [0.25, 0.3) is 0 Å². The zero-order valence-corrected chi connectivity index (χ0v) is 9.06. The van der Waals surface area contributed by atoms with Gasteiger partial charge in [0.05, 0.1) is 6.54 Å². The molecule has 1 rings (SSSR count). The van der Waals surface area contributed by atoms with Crippen molar-refractivity contribution in [3.8, 4) is 0 Å². The first-order valence-corrected chi connectivity index (χ1v) is 4.89. The Bertz CT molecular complexity index is 351. The lowest BCUT2D eigenvalue weighted by Gasteiger charge is -2.14. The molecule has 0 atom stereocenters. The summed E-state index contributed by atoms with van der Waals surface area (Å²) >= 11 is 0. The van der Waals surface area contributed by atoms with E-state index in [1.807, 2.05) is 31.2 Å². The van der Waals surface area contributed by atoms with Crippen LogP contribution in [0.4, 0.5) is 0 Å². The number of nitrogens with zero attached hydrogens (tertiary/aromatic N) is 1. The van der Waals surface area contributed by atoms with E-state index < -0.39 is 0 Å². The van der Waals surface area contributed by atoms with Gasteiger partial charge in [0, 0.05) is 12.6 Å². The van der Waals surface area contributed by atoms with Crippen molar-refractivity contribution >= 4 is 12.2 Å². The molecule has 1 aliphatic rings. The third-order valence-electron chi connectivity index (χ3n) is 2.18. The van der Waals surface area contributed by atoms with E-state index in [1.54, 1.807) is 7.05 Å². The van der Waals surface area contributed by atoms with Gasteiger partial charge >= 0.3 is 0 Å². The van der Waals surface area contributed by atoms with Gasteiger partial charge in [-0.2, -0.15) is 0 Å². The highest BCUT2D eigenvalue weighted by atomic mass is 16.2. The topological polar surface area (TPSA) is 37.4 Å². The molecule has 0 heterocycles. The molecule has 0 saturated carbocycles. The van der Waals surface area contributed by atoms with E-state index in [2.05, 4.69) is 0 Å². The Morgan fingerprint density at radius 3 is 3.00 bits per heavy atom. The number of carbonyl (C=O) groups is 2. The maximum Gasteiger partial charge on any atom is 0.253 e. The third kappa shape index (κ3) is 3.20. The van der Waals surface area contributed by atoms with E-state index >= 15 is 0 Å². The highest BCUT2D eigenvalue weighted by Gasteiger charge is 2.12. The fourth-order valence-electron chi connectivity index (χ4n) is 1.37. The lowest BCUT2D eigenvalue weighted by Crippen LogP contribution is -2.29. The predicted octanol–water partition coefficient (Wildman–Crippen LogP) is 1.48. The van der Waals surface area contributed by atoms with Crippen molar-refractivity contribution < 1.29 is 9.59 Å². The Hall–Kier alpha value is -1.64. The van der Waals surface area contributed by atoms with Crippen molar-refractivity contribution in [2.45, 2.75) is 13.3 Å². The first-order chi connectivity index (χ1) is 7.15. The average molecular weight is 205 g/mol. The zero-order valence-electron chi connectivity index (χ0n) is 9.06. The molecular formula is C12H15NO2. The quantitative estimate of drug-likeness (QED) is 0.654. The van der Waals surface area contributed by atoms with Gasteiger partial charge in [0.25, 0.3) is 5.91 Å². The van der Waals surface area contributed by atoms with Gasteiger partial charge in [-0.25, -0.2) is 0 Å². The predicted molar refractivity (Wildman–Crippen MR) is 59.3 cm³/mol. The Morgan fingerprint density at radius 2 is 2.33 bits per heavy atom. The minimum Gasteiger partial charge on any atom is -0.335 e. The molecule has 0 unspecified atom stereocenters. The summed E-state index contributed by atoms with van der Waals surface area (Å²) in [5, 5.41) is 0. The van der Waals surface area contributed by atoms with E-state index in [1.165, 1.54) is 4.90 Å². The van der Waals surface area contributed by atoms with Gasteiger partial charge in [0.15, 0.2) is 0 Å². The van der Waals surface area contributed by atoms with Crippen molar-refractivity contribution in [3.63, 3.8) is 0 Å². The minimum atomic E-state index is -0.106. The molecule has 1 amide bonds. The Kier molecular flexibility index (Phi) is 4.03. The molecule has 0 aliphatic heterocycles. The van der Waals surface area contributed by atoms with Crippen molar-refractivity contribution in [2.75, 3.05) is 13.6 Å². The molecule has 0 bridgehead atoms. The van der Waals surface area contributed by atoms with Gasteiger partial charge in [0.2, 0.25) is 0 Å². The molecule has 15 heavy (non-hydrogen) atoms. The van der Waals surface area contributed by atoms with Crippen molar-refractivity contribution in [2.24, 2.45) is 0 Å². The molecule has 1 aliphatic carbocycles. The molecule has 0 aromatic rings. The monoisotopic (exact) mass is 205 g/mol. The van der Waals surface area contributed by atoms with Gasteiger partial charge in [-0.1, -0.05) is 23.8 Å². The molecule has 0 N–H and O–H groups in total. The number of carbonyl (C=O) groups excluding carboxylic acids is 2. The summed E-state index contributed by atoms with van der Waals surface area (Å²) in [6, 6.07) is 0. The summed E-state index contributed by atoms with van der Waals surface area (Å²) in [6.45, 7) is 2.08. The summed E-state index contributed by atoms with van der Waals surface area (Å²) in [6.07, 6.45) is 9.18. The highest BCUT2D eigenvalue weighted by Crippen LogP contribution is 2.12. The number of hydrogen-bond donors (Lipinski definition) is 0. The molecule has 0 saturated heterocycles. The van der Waals surface area contributed by atoms with Crippen LogP contribution >= 0.6 is 0 Å². The number of allylic oxidation sites excluding steroid dienone is 4. The first kappa shape index (κ1) is 11.4. The lowest BCUT2D eigenvalue weighted by atomic mass is 10.1. The summed E-state index contributed by atoms with van der Waals surface area (Å²) < 4.78 is 0. The zero-order chi connectivity index (χ0) is 11.3. The van der Waals surface area contributed by atoms with E-state index in [0.717, 1.165) is 18.3 Å². The number of amides is 1. The van der Waals surface area contributed by atoms with E-state index in [9.17, 15) is 9.59 Å². The number of hydrogen-bond acceptors (Lipinski definition) is 2. The summed E-state index contributed by atoms with van der Waals surface area (Å²) in [4.78, 5) is 23.5. The summed E-state index contributed by atoms with van der Waals surface area (Å²) in [5.74, 6) is -0.106. The largest absolute Gasteiger partial charge is 0.335 e. The Labute approximate surface area is 89.8 Å². The average Bonchev–Trinajstić information content (AvgIpc) is 2.42. The third-order valence-corrected chi connectivity index (χ3v) is 2.18. The molecule has 0 fully saturated rings. The van der Waals surface area contributed by atoms with Crippen molar-refractivity contribution in [3.05, 3.63) is 35.5 Å². The Balaban J connectivity index is 2.80. The second-order valence-electron chi connectivity index (χ2n) is 3.54. The smallest absolute Gasteiger partial charge is 0.253 e. The van der Waals surface area contributed by atoms with Crippen LogP contribution in [0.3, 0.4) is 0 Å². The maximum absolute atomic E-state index is 11.8. The molecule has 0 aromatic carbocycles. The molecule has 0 radical (unpaired) electrons. The van der Waals surface area contributed by atoms with Crippen molar-refractivity contribution in [1.29, 1.82) is 0 Å². The van der Waals surface area contributed by atoms with E-state index in [-0.39, 0.29) is 12.5 Å². The molecule has 3 nitrogen and oxygen atoms in total. The van der Waals surface area contributed by atoms with Crippen molar-refractivity contribution in [1.82, 2.24) is 4.90 Å². The van der Waals surface area contributed by atoms with Gasteiger partial charge in [-0.15, -0.1) is 0 Å². The van der Waals surface area contributed by atoms with Crippen LogP contribution in [0.2, 0.25) is 0 Å². The van der Waals surface area contributed by atoms with Crippen LogP contribution in [0.1, 0.15) is 13.3 Å². The molecule has 80 valence electrons. The molecule has 0 spiro atoms. The normalized spacial score (nSPS) is 15.1. The maximum atomic E-state index is 11.8. The van der Waals surface area contributed by atoms with Crippen LogP contribution in [-0.2, 0) is 9.59 Å². The van der Waals surface area contributed by atoms with Gasteiger partial charge in [-0.3, -0.25) is 4.79 Å². The number of likely N-dealkylation sites (N-methyl/N-ethyl adjacent to an activating group) is 1. The van der Waals surface area contributed by atoms with Gasteiger partial charge in [0.1, 0.15) is 6.29 Å². The summed E-state index contributed by atoms with van der Waals surface area (Å²) in [5.41, 5.74) is 1.70. The Morgan fingerprint density at radius 1 is 1.60 bits per heavy atom. The number of rotatable bonds is 3. The SMILES string of the molecule is CC1=CC(C(=O)N(C)CC=O)=CCC=C1. The molecular weight excluding hydrogens is 190 g/mol. The van der Waals surface area contributed by atoms with Gasteiger partial charge < -0.3 is 9.69 Å². The van der Waals surface area contributed by atoms with E-state index in [4.69, 9.17) is 0 Å². The van der Waals surface area contributed by atoms with Crippen LogP contribution in [0.5, 0.6) is 0 Å². The minimum absolute atomic E-state index is 0.106. The standard InChI is InChI=1S/C12H15NO2/c1-10-5-3-4-6-11(9-10)12(15)13(2)7-8-14/h3,5-6,8-9H,4,7H2,1-2H3. The fraction of sp³-hybridized carbons (Fsp3) is 0.333. The second-order valence-corrected chi connectivity index (χ2v) is 3.54. The fourth-order valence-corrected chi connectivity index (χ4v) is 1.37. The summed E-state index contributed by atoms with van der Waals surface area (Å²) in [7, 11) is 1.62. The van der Waals surface area contributed by atoms with Crippen LogP contribution in [-0.4, -0.2) is 30.7 Å².